The fourth-order valence-corrected chi connectivity index (χ4v) is 6.58. The summed E-state index contributed by atoms with van der Waals surface area (Å²) in [6.45, 7) is 26.0. The molecule has 2 unspecified atom stereocenters. The Morgan fingerprint density at radius 1 is 0.655 bits per heavy atom. The van der Waals surface area contributed by atoms with E-state index >= 15 is 0 Å². The maximum Gasteiger partial charge on any atom is 0.0126 e. The van der Waals surface area contributed by atoms with Crippen LogP contribution in [0, 0.1) is 17.8 Å². The summed E-state index contributed by atoms with van der Waals surface area (Å²) < 4.78 is 0. The number of fused-ring (bicyclic) bond motifs is 1. The van der Waals surface area contributed by atoms with Gasteiger partial charge in [0, 0.05) is 62.9 Å². The minimum absolute atomic E-state index is 0.334. The van der Waals surface area contributed by atoms with Crippen LogP contribution in [0.1, 0.15) is 67.2 Å². The number of piperidine rings is 1. The third-order valence-electron chi connectivity index (χ3n) is 8.68. The fraction of sp³-hybridized carbons (Fsp3) is 1.00. The van der Waals surface area contributed by atoms with Crippen molar-refractivity contribution in [3.05, 3.63) is 0 Å². The molecular weight excluding hydrogens is 356 g/mol. The fourth-order valence-electron chi connectivity index (χ4n) is 6.58. The lowest BCUT2D eigenvalue weighted by Gasteiger charge is -2.44. The normalized spacial score (nSPS) is 34.8. The lowest BCUT2D eigenvalue weighted by molar-refractivity contribution is 0.0438. The largest absolute Gasteiger partial charge is 0.301 e. The first-order valence-corrected chi connectivity index (χ1v) is 12.6. The van der Waals surface area contributed by atoms with Crippen molar-refractivity contribution in [1.29, 1.82) is 0 Å². The smallest absolute Gasteiger partial charge is 0.0126 e. The third-order valence-corrected chi connectivity index (χ3v) is 8.68. The molecule has 29 heavy (non-hydrogen) atoms. The number of nitrogens with zero attached hydrogens (tertiary/aromatic N) is 4. The number of rotatable bonds is 3. The molecule has 0 aromatic heterocycles. The Kier molecular flexibility index (Phi) is 6.39. The van der Waals surface area contributed by atoms with Crippen molar-refractivity contribution in [3.63, 3.8) is 0 Å². The number of likely N-dealkylation sites (tertiary alicyclic amines) is 2. The molecule has 0 N–H and O–H groups in total. The minimum atomic E-state index is 0.334. The van der Waals surface area contributed by atoms with Crippen molar-refractivity contribution in [1.82, 2.24) is 19.6 Å². The van der Waals surface area contributed by atoms with E-state index in [0.717, 1.165) is 23.8 Å². The van der Waals surface area contributed by atoms with Crippen molar-refractivity contribution in [3.8, 4) is 0 Å². The van der Waals surface area contributed by atoms with Gasteiger partial charge in [-0.1, -0.05) is 0 Å². The van der Waals surface area contributed by atoms with Crippen LogP contribution in [-0.2, 0) is 0 Å². The molecule has 168 valence electrons. The second kappa shape index (κ2) is 8.41. The van der Waals surface area contributed by atoms with Gasteiger partial charge in [0.25, 0.3) is 0 Å². The van der Waals surface area contributed by atoms with E-state index in [2.05, 4.69) is 61.1 Å². The lowest BCUT2D eigenvalue weighted by atomic mass is 9.94. The molecule has 4 aliphatic rings. The highest BCUT2D eigenvalue weighted by molar-refractivity contribution is 4.99. The van der Waals surface area contributed by atoms with Crippen LogP contribution in [0.2, 0.25) is 0 Å². The van der Waals surface area contributed by atoms with E-state index in [1.807, 2.05) is 0 Å². The van der Waals surface area contributed by atoms with E-state index in [-0.39, 0.29) is 0 Å². The van der Waals surface area contributed by atoms with Gasteiger partial charge in [-0.2, -0.15) is 0 Å². The Balaban J connectivity index is 1.17. The van der Waals surface area contributed by atoms with Crippen LogP contribution in [0.3, 0.4) is 0 Å². The Morgan fingerprint density at radius 3 is 1.66 bits per heavy atom. The summed E-state index contributed by atoms with van der Waals surface area (Å²) >= 11 is 0. The highest BCUT2D eigenvalue weighted by Crippen LogP contribution is 2.43. The number of hydrogen-bond donors (Lipinski definition) is 0. The maximum atomic E-state index is 2.88. The van der Waals surface area contributed by atoms with Crippen LogP contribution < -0.4 is 0 Å². The Labute approximate surface area is 181 Å². The molecule has 1 aliphatic carbocycles. The van der Waals surface area contributed by atoms with Crippen LogP contribution in [0.25, 0.3) is 0 Å². The molecule has 3 heterocycles. The summed E-state index contributed by atoms with van der Waals surface area (Å²) in [5.74, 6) is 2.87. The van der Waals surface area contributed by atoms with E-state index < -0.39 is 0 Å². The van der Waals surface area contributed by atoms with Crippen LogP contribution in [-0.4, -0.2) is 95.6 Å². The summed E-state index contributed by atoms with van der Waals surface area (Å²) in [4.78, 5) is 11.0. The topological polar surface area (TPSA) is 13.0 Å². The average Bonchev–Trinajstić information content (AvgIpc) is 3.21. The zero-order valence-corrected chi connectivity index (χ0v) is 20.3. The van der Waals surface area contributed by atoms with E-state index in [9.17, 15) is 0 Å². The van der Waals surface area contributed by atoms with Gasteiger partial charge in [-0.05, 0) is 98.1 Å². The van der Waals surface area contributed by atoms with E-state index in [4.69, 9.17) is 0 Å². The summed E-state index contributed by atoms with van der Waals surface area (Å²) in [6, 6.07) is 0.892. The highest BCUT2D eigenvalue weighted by Gasteiger charge is 2.45. The van der Waals surface area contributed by atoms with Gasteiger partial charge in [0.15, 0.2) is 0 Å². The van der Waals surface area contributed by atoms with Crippen LogP contribution in [0.15, 0.2) is 0 Å². The zero-order valence-electron chi connectivity index (χ0n) is 20.3. The van der Waals surface area contributed by atoms with Crippen molar-refractivity contribution in [2.75, 3.05) is 58.9 Å². The van der Waals surface area contributed by atoms with Crippen LogP contribution in [0.4, 0.5) is 0 Å². The second-order valence-corrected chi connectivity index (χ2v) is 12.7. The molecule has 3 aliphatic heterocycles. The highest BCUT2D eigenvalue weighted by atomic mass is 15.3. The molecule has 0 aromatic rings. The van der Waals surface area contributed by atoms with Crippen LogP contribution in [0.5, 0.6) is 0 Å². The quantitative estimate of drug-likeness (QED) is 0.712. The Morgan fingerprint density at radius 2 is 1.17 bits per heavy atom. The van der Waals surface area contributed by atoms with Crippen LogP contribution >= 0.6 is 0 Å². The second-order valence-electron chi connectivity index (χ2n) is 12.7. The first kappa shape index (κ1) is 22.0. The molecule has 0 amide bonds. The van der Waals surface area contributed by atoms with Crippen molar-refractivity contribution in [2.45, 2.75) is 84.3 Å². The first-order valence-electron chi connectivity index (χ1n) is 12.6. The zero-order chi connectivity index (χ0) is 20.8. The average molecular weight is 405 g/mol. The maximum absolute atomic E-state index is 2.88. The summed E-state index contributed by atoms with van der Waals surface area (Å²) in [6.07, 6.45) is 5.80. The number of piperazine rings is 1. The lowest BCUT2D eigenvalue weighted by Crippen LogP contribution is -2.54. The SMILES string of the molecule is CC(C)(C)N1CCN(CC2CCN(C3CC4CN(C(C)(C)C)CC4C3)CC2)CC1. The van der Waals surface area contributed by atoms with Gasteiger partial charge < -0.3 is 9.80 Å². The molecule has 0 spiro atoms. The van der Waals surface area contributed by atoms with Gasteiger partial charge in [-0.25, -0.2) is 0 Å². The standard InChI is InChI=1S/C25H48N4/c1-24(2,3)28-13-11-26(12-14-28)17-20-7-9-27(10-8-20)23-15-21-18-29(25(4,5)6)19-22(21)16-23/h20-23H,7-19H2,1-6H3. The van der Waals surface area contributed by atoms with E-state index in [1.54, 1.807) is 0 Å². The molecule has 4 nitrogen and oxygen atoms in total. The molecule has 3 saturated heterocycles. The Bertz CT molecular complexity index is 518. The first-order chi connectivity index (χ1) is 13.6. The van der Waals surface area contributed by atoms with Crippen molar-refractivity contribution in [2.24, 2.45) is 17.8 Å². The van der Waals surface area contributed by atoms with Gasteiger partial charge in [-0.3, -0.25) is 9.80 Å². The molecule has 1 saturated carbocycles. The molecule has 4 fully saturated rings. The molecule has 4 heteroatoms. The molecule has 2 atom stereocenters. The predicted octanol–water partition coefficient (Wildman–Crippen LogP) is 3.62. The monoisotopic (exact) mass is 404 g/mol. The van der Waals surface area contributed by atoms with Crippen molar-refractivity contribution >= 4 is 0 Å². The minimum Gasteiger partial charge on any atom is -0.301 e. The molecule has 4 rings (SSSR count). The van der Waals surface area contributed by atoms with E-state index in [0.29, 0.717) is 11.1 Å². The molecular formula is C25H48N4. The Hall–Kier alpha value is -0.160. The van der Waals surface area contributed by atoms with Gasteiger partial charge in [0.2, 0.25) is 0 Å². The summed E-state index contributed by atoms with van der Waals surface area (Å²) in [5.41, 5.74) is 0.692. The van der Waals surface area contributed by atoms with Gasteiger partial charge >= 0.3 is 0 Å². The van der Waals surface area contributed by atoms with Crippen molar-refractivity contribution < 1.29 is 0 Å². The molecule has 0 radical (unpaired) electrons. The summed E-state index contributed by atoms with van der Waals surface area (Å²) in [5, 5.41) is 0. The van der Waals surface area contributed by atoms with Gasteiger partial charge in [-0.15, -0.1) is 0 Å². The molecule has 0 bridgehead atoms. The third kappa shape index (κ3) is 5.19. The predicted molar refractivity (Wildman–Crippen MR) is 123 cm³/mol. The van der Waals surface area contributed by atoms with Gasteiger partial charge in [0.05, 0.1) is 0 Å². The summed E-state index contributed by atoms with van der Waals surface area (Å²) in [7, 11) is 0. The van der Waals surface area contributed by atoms with E-state index in [1.165, 1.54) is 84.6 Å². The molecule has 0 aromatic carbocycles. The number of hydrogen-bond acceptors (Lipinski definition) is 4. The van der Waals surface area contributed by atoms with Gasteiger partial charge in [0.1, 0.15) is 0 Å².